The first-order valence-electron chi connectivity index (χ1n) is 23.5. The van der Waals surface area contributed by atoms with Gasteiger partial charge in [-0.2, -0.15) is 0 Å². The summed E-state index contributed by atoms with van der Waals surface area (Å²) in [5.74, 6) is 0.0865. The van der Waals surface area contributed by atoms with Gasteiger partial charge in [0.1, 0.15) is 72.2 Å². The Morgan fingerprint density at radius 1 is 0.719 bits per heavy atom. The van der Waals surface area contributed by atoms with Gasteiger partial charge in [-0.05, 0) is 117 Å². The predicted molar refractivity (Wildman–Crippen MR) is 222 cm³/mol. The minimum Gasteiger partial charge on any atom is -0.455 e. The largest absolute Gasteiger partial charge is 0.455 e. The van der Waals surface area contributed by atoms with E-state index in [0.717, 1.165) is 36.8 Å². The van der Waals surface area contributed by atoms with E-state index in [-0.39, 0.29) is 40.7 Å². The van der Waals surface area contributed by atoms with Crippen LogP contribution in [-0.4, -0.2) is 168 Å². The Bertz CT molecular complexity index is 1890. The summed E-state index contributed by atoms with van der Waals surface area (Å²) >= 11 is 0. The Morgan fingerprint density at radius 3 is 2.03 bits per heavy atom. The van der Waals surface area contributed by atoms with E-state index in [0.29, 0.717) is 25.7 Å². The number of aliphatic hydroxyl groups is 9. The highest BCUT2D eigenvalue weighted by molar-refractivity contribution is 5.86. The Kier molecular flexibility index (Phi) is 11.6. The SMILES string of the molecule is C[C@@H]1O[C@@H](O[C@H]2[C@H](O[C@H]3CC[C@]4(C)[C@H]5C=CC6=C7[C@@]8(CCC(C)(OC8=O)[C@@]7(C)O)CC[C@@]6(C)[C@]5(C)CC[C@H]4C3(C)C)OC[C@@H](O)[C@@H]2O[C@@H]2O[C@H](CO)[C@@H](O)[C@H](O)[C@H]2O)[C@H](O)[C@H](O)[C@H]1O. The number of allylic oxidation sites excluding steroid dienone is 3. The Balaban J connectivity index is 1.01. The van der Waals surface area contributed by atoms with E-state index in [1.807, 2.05) is 13.8 Å². The van der Waals surface area contributed by atoms with Gasteiger partial charge in [-0.15, -0.1) is 0 Å². The molecule has 17 nitrogen and oxygen atoms in total. The molecule has 9 N–H and O–H groups in total. The fourth-order valence-electron chi connectivity index (χ4n) is 14.7. The highest BCUT2D eigenvalue weighted by Gasteiger charge is 2.73. The van der Waals surface area contributed by atoms with Crippen molar-refractivity contribution in [3.63, 3.8) is 0 Å². The van der Waals surface area contributed by atoms with Crippen molar-refractivity contribution in [3.8, 4) is 0 Å². The summed E-state index contributed by atoms with van der Waals surface area (Å²) < 4.78 is 43.1. The van der Waals surface area contributed by atoms with Gasteiger partial charge in [-0.1, -0.05) is 46.8 Å². The molecule has 0 aromatic rings. The lowest BCUT2D eigenvalue weighted by Crippen LogP contribution is -2.71. The second kappa shape index (κ2) is 15.7. The summed E-state index contributed by atoms with van der Waals surface area (Å²) in [4.78, 5) is 13.8. The van der Waals surface area contributed by atoms with Crippen LogP contribution in [0.4, 0.5) is 0 Å². The monoisotopic (exact) mass is 908 g/mol. The molecule has 8 fully saturated rings. The van der Waals surface area contributed by atoms with Gasteiger partial charge in [0.2, 0.25) is 0 Å². The lowest BCUT2D eigenvalue weighted by Gasteiger charge is -2.71. The Hall–Kier alpha value is -1.65. The van der Waals surface area contributed by atoms with Crippen molar-refractivity contribution in [3.05, 3.63) is 23.3 Å². The van der Waals surface area contributed by atoms with Crippen LogP contribution in [0.5, 0.6) is 0 Å². The van der Waals surface area contributed by atoms with Gasteiger partial charge in [-0.25, -0.2) is 0 Å². The van der Waals surface area contributed by atoms with Crippen LogP contribution in [0.25, 0.3) is 0 Å². The maximum Gasteiger partial charge on any atom is 0.317 e. The van der Waals surface area contributed by atoms with Crippen molar-refractivity contribution in [2.24, 2.45) is 38.9 Å². The number of aliphatic hydroxyl groups excluding tert-OH is 8. The molecule has 2 bridgehead atoms. The van der Waals surface area contributed by atoms with Crippen LogP contribution in [0, 0.1) is 38.9 Å². The third-order valence-electron chi connectivity index (χ3n) is 19.1. The van der Waals surface area contributed by atoms with Gasteiger partial charge in [-0.3, -0.25) is 4.79 Å². The fraction of sp³-hybridized carbons (Fsp3) is 0.894. The van der Waals surface area contributed by atoms with E-state index >= 15 is 0 Å². The second-order valence-corrected chi connectivity index (χ2v) is 22.6. The minimum absolute atomic E-state index is 0.146. The molecule has 17 heteroatoms. The molecule has 0 aromatic heterocycles. The zero-order valence-corrected chi connectivity index (χ0v) is 38.3. The zero-order chi connectivity index (χ0) is 46.5. The van der Waals surface area contributed by atoms with Crippen LogP contribution >= 0.6 is 0 Å². The number of ether oxygens (including phenoxy) is 7. The summed E-state index contributed by atoms with van der Waals surface area (Å²) in [6.07, 6.45) is -11.1. The van der Waals surface area contributed by atoms with E-state index in [4.69, 9.17) is 33.2 Å². The summed E-state index contributed by atoms with van der Waals surface area (Å²) in [6, 6.07) is 0. The number of carbonyl (C=O) groups is 1. The van der Waals surface area contributed by atoms with Gasteiger partial charge < -0.3 is 79.1 Å². The molecule has 5 heterocycles. The summed E-state index contributed by atoms with van der Waals surface area (Å²) in [5, 5.41) is 97.7. The van der Waals surface area contributed by atoms with E-state index in [9.17, 15) is 50.8 Å². The van der Waals surface area contributed by atoms with E-state index in [2.05, 4.69) is 46.8 Å². The van der Waals surface area contributed by atoms with Crippen molar-refractivity contribution in [1.82, 2.24) is 0 Å². The standard InChI is InChI=1S/C47H72O17/c1-21-28(50)30(52)32(54)37(59-21)63-35-34(62-38-33(55)31(53)29(51)24(19-48)60-38)23(49)20-58-39(35)61-27-12-13-42(4)25(41(27,2)3)11-14-44(6)26(42)10-9-22-36-46(8,57)45(7)16-18-47(36,40(56)64-45)17-15-43(22,44)5/h9-10,21,23-35,37-39,48-55,57H,11-20H2,1-8H3/t21-,23+,24+,25-,26+,27-,28-,29+,30+,31-,32+,33+,34-,35+,37-,38-,39-,42-,43+,44+,45?,46-,47-/m0/s1. The highest BCUT2D eigenvalue weighted by atomic mass is 16.8. The number of carbonyl (C=O) groups excluding carboxylic acids is 1. The number of fused-ring (bicyclic) bond motifs is 7. The molecule has 3 saturated carbocycles. The molecule has 5 aliphatic heterocycles. The highest BCUT2D eigenvalue weighted by Crippen LogP contribution is 2.75. The lowest BCUT2D eigenvalue weighted by atomic mass is 9.35. The second-order valence-electron chi connectivity index (χ2n) is 22.6. The maximum atomic E-state index is 13.8. The molecule has 1 spiro atoms. The average Bonchev–Trinajstić information content (AvgIpc) is 3.23. The minimum atomic E-state index is -1.81. The molecular formula is C47H72O17. The van der Waals surface area contributed by atoms with Gasteiger partial charge in [0.25, 0.3) is 0 Å². The molecule has 1 unspecified atom stereocenters. The predicted octanol–water partition coefficient (Wildman–Crippen LogP) is 0.859. The molecule has 5 saturated heterocycles. The summed E-state index contributed by atoms with van der Waals surface area (Å²) in [7, 11) is 0. The first-order valence-corrected chi connectivity index (χ1v) is 23.5. The van der Waals surface area contributed by atoms with E-state index < -0.39 is 121 Å². The molecule has 0 aromatic carbocycles. The van der Waals surface area contributed by atoms with Crippen LogP contribution in [0.1, 0.15) is 107 Å². The topological polar surface area (TPSA) is 264 Å². The van der Waals surface area contributed by atoms with E-state index in [1.165, 1.54) is 6.92 Å². The summed E-state index contributed by atoms with van der Waals surface area (Å²) in [5.41, 5.74) is -2.36. The van der Waals surface area contributed by atoms with Crippen LogP contribution in [0.3, 0.4) is 0 Å². The molecule has 5 aliphatic carbocycles. The fourth-order valence-corrected chi connectivity index (χ4v) is 14.7. The molecule has 10 aliphatic rings. The van der Waals surface area contributed by atoms with Crippen molar-refractivity contribution < 1.29 is 83.9 Å². The molecular weight excluding hydrogens is 837 g/mol. The first-order chi connectivity index (χ1) is 29.8. The van der Waals surface area contributed by atoms with E-state index in [1.54, 1.807) is 0 Å². The van der Waals surface area contributed by atoms with Crippen LogP contribution in [0.2, 0.25) is 0 Å². The van der Waals surface area contributed by atoms with Crippen molar-refractivity contribution >= 4 is 5.97 Å². The molecule has 64 heavy (non-hydrogen) atoms. The van der Waals surface area contributed by atoms with Crippen molar-refractivity contribution in [2.75, 3.05) is 13.2 Å². The lowest BCUT2D eigenvalue weighted by molar-refractivity contribution is -0.388. The van der Waals surface area contributed by atoms with Gasteiger partial charge in [0.15, 0.2) is 18.9 Å². The van der Waals surface area contributed by atoms with Gasteiger partial charge in [0, 0.05) is 0 Å². The van der Waals surface area contributed by atoms with Crippen molar-refractivity contribution in [1.29, 1.82) is 0 Å². The molecule has 0 amide bonds. The molecule has 10 rings (SSSR count). The van der Waals surface area contributed by atoms with Crippen LogP contribution in [-0.2, 0) is 38.0 Å². The third-order valence-corrected chi connectivity index (χ3v) is 19.1. The van der Waals surface area contributed by atoms with Crippen LogP contribution < -0.4 is 0 Å². The van der Waals surface area contributed by atoms with Gasteiger partial charge >= 0.3 is 5.97 Å². The third kappa shape index (κ3) is 6.46. The van der Waals surface area contributed by atoms with Gasteiger partial charge in [0.05, 0.1) is 30.8 Å². The zero-order valence-electron chi connectivity index (χ0n) is 38.3. The Labute approximate surface area is 374 Å². The number of hydrogen-bond acceptors (Lipinski definition) is 17. The molecule has 362 valence electrons. The summed E-state index contributed by atoms with van der Waals surface area (Å²) in [6.45, 7) is 15.7. The molecule has 23 atom stereocenters. The van der Waals surface area contributed by atoms with Crippen molar-refractivity contribution in [2.45, 2.75) is 210 Å². The Morgan fingerprint density at radius 2 is 1.36 bits per heavy atom. The first kappa shape index (κ1) is 47.4. The maximum absolute atomic E-state index is 13.8. The normalized spacial score (nSPS) is 56.7. The number of hydrogen-bond donors (Lipinski definition) is 9. The molecule has 0 radical (unpaired) electrons. The number of esters is 1. The quantitative estimate of drug-likeness (QED) is 0.127. The average molecular weight is 909 g/mol. The van der Waals surface area contributed by atoms with Crippen LogP contribution in [0.15, 0.2) is 23.3 Å². The number of rotatable bonds is 7. The smallest absolute Gasteiger partial charge is 0.317 e.